The van der Waals surface area contributed by atoms with Gasteiger partial charge in [0.2, 0.25) is 5.91 Å². The summed E-state index contributed by atoms with van der Waals surface area (Å²) >= 11 is 5.99. The van der Waals surface area contributed by atoms with Crippen molar-refractivity contribution in [1.82, 2.24) is 9.80 Å². The van der Waals surface area contributed by atoms with Gasteiger partial charge in [0.15, 0.2) is 0 Å². The zero-order valence-corrected chi connectivity index (χ0v) is 22.5. The molecule has 1 atom stereocenters. The molecule has 2 heterocycles. The zero-order valence-electron chi connectivity index (χ0n) is 21.7. The van der Waals surface area contributed by atoms with E-state index in [1.807, 2.05) is 36.1 Å². The summed E-state index contributed by atoms with van der Waals surface area (Å²) in [5, 5.41) is 3.94. The highest BCUT2D eigenvalue weighted by Gasteiger charge is 2.34. The molecule has 2 fully saturated rings. The van der Waals surface area contributed by atoms with Crippen molar-refractivity contribution in [2.75, 3.05) is 68.6 Å². The summed E-state index contributed by atoms with van der Waals surface area (Å²) in [7, 11) is 1.27. The Morgan fingerprint density at radius 3 is 2.32 bits per heavy atom. The van der Waals surface area contributed by atoms with E-state index >= 15 is 0 Å². The quantitative estimate of drug-likeness (QED) is 0.439. The molecule has 4 rings (SSSR count). The van der Waals surface area contributed by atoms with E-state index in [1.54, 1.807) is 6.07 Å². The molecule has 2 aromatic rings. The molecule has 2 N–H and O–H groups in total. The number of piperazine rings is 1. The number of nitrogens with zero attached hydrogens (tertiary/aromatic N) is 3. The molecule has 1 amide bonds. The van der Waals surface area contributed by atoms with Gasteiger partial charge in [0, 0.05) is 74.2 Å². The number of halogens is 4. The van der Waals surface area contributed by atoms with Gasteiger partial charge in [0.25, 0.3) is 0 Å². The standard InChI is InChI=1S/C27H35ClF3N5O2/c1-19(18-34-13-15-35(16-14-34)23-6-3-20(28)4-7-23)26(37)36-11-9-21(10-12-36)32-22-5-8-25(33-38-2)24(17-22)27(29,30)31/h3-8,17,19,21,32-33H,9-16,18H2,1-2H3. The van der Waals surface area contributed by atoms with E-state index < -0.39 is 11.7 Å². The number of carbonyl (C=O) groups is 1. The third kappa shape index (κ3) is 7.24. The molecule has 2 aliphatic heterocycles. The second-order valence-electron chi connectivity index (χ2n) is 9.97. The van der Waals surface area contributed by atoms with Crippen LogP contribution in [-0.2, 0) is 15.8 Å². The van der Waals surface area contributed by atoms with E-state index in [9.17, 15) is 18.0 Å². The van der Waals surface area contributed by atoms with E-state index in [0.29, 0.717) is 38.2 Å². The molecule has 0 aromatic heterocycles. The van der Waals surface area contributed by atoms with Crippen molar-refractivity contribution in [1.29, 1.82) is 0 Å². The third-order valence-electron chi connectivity index (χ3n) is 7.23. The van der Waals surface area contributed by atoms with Gasteiger partial charge in [-0.15, -0.1) is 0 Å². The fourth-order valence-corrected chi connectivity index (χ4v) is 5.29. The maximum absolute atomic E-state index is 13.4. The fraction of sp³-hybridized carbons (Fsp3) is 0.519. The smallest absolute Gasteiger partial charge is 0.382 e. The van der Waals surface area contributed by atoms with Crippen molar-refractivity contribution >= 4 is 34.6 Å². The van der Waals surface area contributed by atoms with Crippen molar-refractivity contribution in [2.45, 2.75) is 32.0 Å². The van der Waals surface area contributed by atoms with Crippen LogP contribution in [0.25, 0.3) is 0 Å². The van der Waals surface area contributed by atoms with Gasteiger partial charge in [-0.3, -0.25) is 20.0 Å². The summed E-state index contributed by atoms with van der Waals surface area (Å²) in [6.07, 6.45) is -3.15. The van der Waals surface area contributed by atoms with E-state index in [4.69, 9.17) is 11.6 Å². The Balaban J connectivity index is 1.23. The van der Waals surface area contributed by atoms with Gasteiger partial charge in [-0.25, -0.2) is 0 Å². The monoisotopic (exact) mass is 553 g/mol. The largest absolute Gasteiger partial charge is 0.418 e. The fourth-order valence-electron chi connectivity index (χ4n) is 5.17. The summed E-state index contributed by atoms with van der Waals surface area (Å²) < 4.78 is 40.3. The maximum Gasteiger partial charge on any atom is 0.418 e. The minimum absolute atomic E-state index is 0.00220. The minimum Gasteiger partial charge on any atom is -0.382 e. The summed E-state index contributed by atoms with van der Waals surface area (Å²) in [5.74, 6) is 0.0229. The van der Waals surface area contributed by atoms with Crippen LogP contribution in [-0.4, -0.2) is 74.7 Å². The molecule has 38 heavy (non-hydrogen) atoms. The second kappa shape index (κ2) is 12.4. The van der Waals surface area contributed by atoms with Crippen LogP contribution in [0.1, 0.15) is 25.3 Å². The van der Waals surface area contributed by atoms with E-state index in [0.717, 1.165) is 43.0 Å². The normalized spacial score (nSPS) is 18.4. The first-order valence-electron chi connectivity index (χ1n) is 12.9. The van der Waals surface area contributed by atoms with Crippen LogP contribution in [0.15, 0.2) is 42.5 Å². The summed E-state index contributed by atoms with van der Waals surface area (Å²) in [5.41, 5.74) is 2.91. The number of amides is 1. The van der Waals surface area contributed by atoms with Gasteiger partial charge < -0.3 is 15.1 Å². The van der Waals surface area contributed by atoms with Crippen LogP contribution in [0.4, 0.5) is 30.2 Å². The van der Waals surface area contributed by atoms with Gasteiger partial charge in [-0.05, 0) is 55.3 Å². The molecule has 2 aromatic carbocycles. The first kappa shape index (κ1) is 28.3. The number of piperidine rings is 1. The Bertz CT molecular complexity index is 1070. The van der Waals surface area contributed by atoms with Gasteiger partial charge >= 0.3 is 6.18 Å². The molecule has 0 saturated carbocycles. The topological polar surface area (TPSA) is 60.1 Å². The highest BCUT2D eigenvalue weighted by molar-refractivity contribution is 6.30. The molecule has 208 valence electrons. The van der Waals surface area contributed by atoms with E-state index in [2.05, 4.69) is 25.4 Å². The lowest BCUT2D eigenvalue weighted by molar-refractivity contribution is -0.137. The van der Waals surface area contributed by atoms with Crippen molar-refractivity contribution in [3.63, 3.8) is 0 Å². The number of nitrogens with one attached hydrogen (secondary N) is 2. The molecule has 2 saturated heterocycles. The van der Waals surface area contributed by atoms with Crippen LogP contribution < -0.4 is 15.7 Å². The summed E-state index contributed by atoms with van der Waals surface area (Å²) in [6.45, 7) is 7.45. The Kier molecular flexibility index (Phi) is 9.27. The van der Waals surface area contributed by atoms with Crippen LogP contribution in [0.2, 0.25) is 5.02 Å². The minimum atomic E-state index is -4.51. The summed E-state index contributed by atoms with van der Waals surface area (Å²) in [4.78, 5) is 24.3. The number of alkyl halides is 3. The molecule has 0 spiro atoms. The van der Waals surface area contributed by atoms with Crippen molar-refractivity contribution in [2.24, 2.45) is 5.92 Å². The molecule has 0 bridgehead atoms. The summed E-state index contributed by atoms with van der Waals surface area (Å²) in [6, 6.07) is 11.9. The number of hydrogen-bond acceptors (Lipinski definition) is 6. The van der Waals surface area contributed by atoms with Crippen molar-refractivity contribution in [3.8, 4) is 0 Å². The number of anilines is 3. The highest BCUT2D eigenvalue weighted by Crippen LogP contribution is 2.37. The molecule has 2 aliphatic rings. The average Bonchev–Trinajstić information content (AvgIpc) is 2.90. The number of likely N-dealkylation sites (tertiary alicyclic amines) is 1. The lowest BCUT2D eigenvalue weighted by Gasteiger charge is -2.38. The first-order chi connectivity index (χ1) is 18.1. The predicted molar refractivity (Wildman–Crippen MR) is 145 cm³/mol. The third-order valence-corrected chi connectivity index (χ3v) is 7.48. The Labute approximate surface area is 226 Å². The molecular formula is C27H35ClF3N5O2. The van der Waals surface area contributed by atoms with Gasteiger partial charge in [-0.1, -0.05) is 18.5 Å². The molecule has 0 radical (unpaired) electrons. The van der Waals surface area contributed by atoms with E-state index in [1.165, 1.54) is 13.2 Å². The predicted octanol–water partition coefficient (Wildman–Crippen LogP) is 5.19. The zero-order chi connectivity index (χ0) is 27.3. The average molecular weight is 554 g/mol. The van der Waals surface area contributed by atoms with Crippen LogP contribution in [0.3, 0.4) is 0 Å². The van der Waals surface area contributed by atoms with Gasteiger partial charge in [-0.2, -0.15) is 13.2 Å². The van der Waals surface area contributed by atoms with Crippen molar-refractivity contribution < 1.29 is 22.8 Å². The number of carbonyl (C=O) groups excluding carboxylic acids is 1. The van der Waals surface area contributed by atoms with Gasteiger partial charge in [0.1, 0.15) is 0 Å². The number of rotatable bonds is 8. The number of hydrogen-bond donors (Lipinski definition) is 2. The van der Waals surface area contributed by atoms with Gasteiger partial charge in [0.05, 0.1) is 18.4 Å². The van der Waals surface area contributed by atoms with Crippen LogP contribution >= 0.6 is 11.6 Å². The molecule has 1 unspecified atom stereocenters. The van der Waals surface area contributed by atoms with Crippen molar-refractivity contribution in [3.05, 3.63) is 53.1 Å². The van der Waals surface area contributed by atoms with Crippen LogP contribution in [0.5, 0.6) is 0 Å². The second-order valence-corrected chi connectivity index (χ2v) is 10.4. The van der Waals surface area contributed by atoms with Crippen LogP contribution in [0, 0.1) is 5.92 Å². The SMILES string of the molecule is CONc1ccc(NC2CCN(C(=O)C(C)CN3CCN(c4ccc(Cl)cc4)CC3)CC2)cc1C(F)(F)F. The Hall–Kier alpha value is -2.69. The lowest BCUT2D eigenvalue weighted by Crippen LogP contribution is -2.50. The maximum atomic E-state index is 13.4. The number of benzene rings is 2. The van der Waals surface area contributed by atoms with E-state index in [-0.39, 0.29) is 23.6 Å². The molecular weight excluding hydrogens is 519 g/mol. The molecule has 11 heteroatoms. The first-order valence-corrected chi connectivity index (χ1v) is 13.3. The molecule has 7 nitrogen and oxygen atoms in total. The Morgan fingerprint density at radius 1 is 1.05 bits per heavy atom. The molecule has 0 aliphatic carbocycles. The lowest BCUT2D eigenvalue weighted by atomic mass is 10.0. The highest BCUT2D eigenvalue weighted by atomic mass is 35.5. The Morgan fingerprint density at radius 2 is 1.71 bits per heavy atom.